The lowest BCUT2D eigenvalue weighted by atomic mass is 10.5. The molecule has 0 aromatic carbocycles. The van der Waals surface area contributed by atoms with Gasteiger partial charge in [-0.2, -0.15) is 0 Å². The molecule has 0 unspecified atom stereocenters. The van der Waals surface area contributed by atoms with Crippen LogP contribution in [0.5, 0.6) is 0 Å². The Kier molecular flexibility index (Phi) is 5.15. The summed E-state index contributed by atoms with van der Waals surface area (Å²) in [6.45, 7) is 6.90. The molecule has 0 aliphatic heterocycles. The molecule has 0 atom stereocenters. The molecule has 0 aromatic rings. The van der Waals surface area contributed by atoms with Gasteiger partial charge in [-0.15, -0.1) is 0 Å². The van der Waals surface area contributed by atoms with Gasteiger partial charge >= 0.3 is 11.9 Å². The molecule has 0 fully saturated rings. The second kappa shape index (κ2) is 5.59. The zero-order chi connectivity index (χ0) is 11.2. The molecule has 0 radical (unpaired) electrons. The Morgan fingerprint density at radius 1 is 1.29 bits per heavy atom. The van der Waals surface area contributed by atoms with Gasteiger partial charge in [0.05, 0.1) is 6.61 Å². The summed E-state index contributed by atoms with van der Waals surface area (Å²) in [7, 11) is -1.19. The summed E-state index contributed by atoms with van der Waals surface area (Å²) < 4.78 is 4.81. The Morgan fingerprint density at radius 3 is 2.29 bits per heavy atom. The van der Waals surface area contributed by atoms with E-state index in [4.69, 9.17) is 9.84 Å². The van der Waals surface area contributed by atoms with Crippen LogP contribution in [0.4, 0.5) is 0 Å². The van der Waals surface area contributed by atoms with E-state index in [1.165, 1.54) is 0 Å². The van der Waals surface area contributed by atoms with E-state index < -0.39 is 20.0 Å². The first kappa shape index (κ1) is 12.9. The SMILES string of the molecule is C[Si](C)(C)CCOC(=O)/C=C/C(=O)O. The van der Waals surface area contributed by atoms with Crippen LogP contribution in [-0.2, 0) is 14.3 Å². The Bertz CT molecular complexity index is 240. The minimum absolute atomic E-state index is 0.374. The predicted molar refractivity (Wildman–Crippen MR) is 55.9 cm³/mol. The molecular formula is C9H16O4Si. The number of carboxylic acid groups (broad SMARTS) is 1. The van der Waals surface area contributed by atoms with Crippen LogP contribution in [0, 0.1) is 0 Å². The van der Waals surface area contributed by atoms with E-state index >= 15 is 0 Å². The first-order valence-corrected chi connectivity index (χ1v) is 8.10. The number of carbonyl (C=O) groups is 2. The van der Waals surface area contributed by atoms with Crippen molar-refractivity contribution in [1.82, 2.24) is 0 Å². The third-order valence-electron chi connectivity index (χ3n) is 1.46. The molecule has 0 aromatic heterocycles. The van der Waals surface area contributed by atoms with Crippen molar-refractivity contribution in [2.75, 3.05) is 6.61 Å². The highest BCUT2D eigenvalue weighted by atomic mass is 28.3. The fourth-order valence-corrected chi connectivity index (χ4v) is 1.36. The van der Waals surface area contributed by atoms with E-state index in [1.54, 1.807) is 0 Å². The minimum Gasteiger partial charge on any atom is -0.478 e. The molecule has 0 saturated heterocycles. The zero-order valence-electron chi connectivity index (χ0n) is 8.74. The first-order chi connectivity index (χ1) is 6.31. The normalized spacial score (nSPS) is 11.6. The average Bonchev–Trinajstić information content (AvgIpc) is 1.98. The van der Waals surface area contributed by atoms with Crippen LogP contribution in [0.15, 0.2) is 12.2 Å². The number of rotatable bonds is 5. The van der Waals surface area contributed by atoms with E-state index in [0.29, 0.717) is 6.61 Å². The van der Waals surface area contributed by atoms with E-state index in [9.17, 15) is 9.59 Å². The predicted octanol–water partition coefficient (Wildman–Crippen LogP) is 1.51. The maximum absolute atomic E-state index is 10.9. The van der Waals surface area contributed by atoms with Gasteiger partial charge in [-0.05, 0) is 6.04 Å². The number of carbonyl (C=O) groups excluding carboxylic acids is 1. The standard InChI is InChI=1S/C9H16O4Si/c1-14(2,3)7-6-13-9(12)5-4-8(10)11/h4-5H,6-7H2,1-3H3,(H,10,11)/b5-4+. The molecule has 0 rings (SSSR count). The number of esters is 1. The summed E-state index contributed by atoms with van der Waals surface area (Å²) in [6, 6.07) is 0.889. The van der Waals surface area contributed by atoms with E-state index in [1.807, 2.05) is 0 Å². The van der Waals surface area contributed by atoms with Crippen molar-refractivity contribution >= 4 is 20.0 Å². The van der Waals surface area contributed by atoms with E-state index in [2.05, 4.69) is 19.6 Å². The van der Waals surface area contributed by atoms with Gasteiger partial charge in [0.15, 0.2) is 0 Å². The minimum atomic E-state index is -1.19. The zero-order valence-corrected chi connectivity index (χ0v) is 9.74. The first-order valence-electron chi connectivity index (χ1n) is 4.39. The van der Waals surface area contributed by atoms with Gasteiger partial charge in [-0.1, -0.05) is 19.6 Å². The van der Waals surface area contributed by atoms with Gasteiger partial charge in [-0.25, -0.2) is 9.59 Å². The molecule has 0 saturated carbocycles. The molecule has 14 heavy (non-hydrogen) atoms. The fraction of sp³-hybridized carbons (Fsp3) is 0.556. The number of aliphatic carboxylic acids is 1. The summed E-state index contributed by atoms with van der Waals surface area (Å²) in [5, 5.41) is 8.23. The van der Waals surface area contributed by atoms with Crippen LogP contribution in [-0.4, -0.2) is 31.7 Å². The van der Waals surface area contributed by atoms with Crippen molar-refractivity contribution in [1.29, 1.82) is 0 Å². The van der Waals surface area contributed by atoms with Crippen molar-refractivity contribution in [2.45, 2.75) is 25.7 Å². The maximum atomic E-state index is 10.9. The molecule has 1 N–H and O–H groups in total. The van der Waals surface area contributed by atoms with Crippen LogP contribution >= 0.6 is 0 Å². The highest BCUT2D eigenvalue weighted by Gasteiger charge is 2.13. The molecule has 0 amide bonds. The van der Waals surface area contributed by atoms with E-state index in [0.717, 1.165) is 18.2 Å². The Balaban J connectivity index is 3.71. The number of hydrogen-bond acceptors (Lipinski definition) is 3. The summed E-state index contributed by atoms with van der Waals surface area (Å²) >= 11 is 0. The summed E-state index contributed by atoms with van der Waals surface area (Å²) in [6.07, 6.45) is 1.70. The van der Waals surface area contributed by atoms with Gasteiger partial charge in [0.2, 0.25) is 0 Å². The summed E-state index contributed by atoms with van der Waals surface area (Å²) in [5.74, 6) is -1.74. The van der Waals surface area contributed by atoms with Crippen molar-refractivity contribution in [3.63, 3.8) is 0 Å². The van der Waals surface area contributed by atoms with E-state index in [-0.39, 0.29) is 0 Å². The van der Waals surface area contributed by atoms with Gasteiger partial charge in [-0.3, -0.25) is 0 Å². The lowest BCUT2D eigenvalue weighted by Crippen LogP contribution is -2.22. The third-order valence-corrected chi connectivity index (χ3v) is 3.16. The van der Waals surface area contributed by atoms with Crippen LogP contribution in [0.1, 0.15) is 0 Å². The second-order valence-corrected chi connectivity index (χ2v) is 9.77. The molecule has 0 heterocycles. The highest BCUT2D eigenvalue weighted by Crippen LogP contribution is 2.07. The molecule has 0 bridgehead atoms. The monoisotopic (exact) mass is 216 g/mol. The molecule has 0 aliphatic rings. The molecular weight excluding hydrogens is 200 g/mol. The third kappa shape index (κ3) is 8.99. The molecule has 4 nitrogen and oxygen atoms in total. The fourth-order valence-electron chi connectivity index (χ4n) is 0.645. The van der Waals surface area contributed by atoms with Crippen molar-refractivity contribution in [2.24, 2.45) is 0 Å². The van der Waals surface area contributed by atoms with Gasteiger partial charge in [0.1, 0.15) is 0 Å². The van der Waals surface area contributed by atoms with Gasteiger partial charge in [0.25, 0.3) is 0 Å². The molecule has 80 valence electrons. The van der Waals surface area contributed by atoms with Crippen LogP contribution < -0.4 is 0 Å². The maximum Gasteiger partial charge on any atom is 0.330 e. The quantitative estimate of drug-likeness (QED) is 0.430. The molecule has 5 heteroatoms. The average molecular weight is 216 g/mol. The number of carboxylic acids is 1. The number of ether oxygens (including phenoxy) is 1. The Morgan fingerprint density at radius 2 is 1.86 bits per heavy atom. The van der Waals surface area contributed by atoms with Crippen LogP contribution in [0.3, 0.4) is 0 Å². The topological polar surface area (TPSA) is 63.6 Å². The second-order valence-electron chi connectivity index (χ2n) is 4.15. The smallest absolute Gasteiger partial charge is 0.330 e. The van der Waals surface area contributed by atoms with Gasteiger partial charge < -0.3 is 9.84 Å². The largest absolute Gasteiger partial charge is 0.478 e. The van der Waals surface area contributed by atoms with Crippen LogP contribution in [0.2, 0.25) is 25.7 Å². The number of hydrogen-bond donors (Lipinski definition) is 1. The lowest BCUT2D eigenvalue weighted by molar-refractivity contribution is -0.138. The molecule has 0 aliphatic carbocycles. The van der Waals surface area contributed by atoms with Crippen LogP contribution in [0.25, 0.3) is 0 Å². The molecule has 0 spiro atoms. The van der Waals surface area contributed by atoms with Crippen molar-refractivity contribution in [3.05, 3.63) is 12.2 Å². The summed E-state index contributed by atoms with van der Waals surface area (Å²) in [4.78, 5) is 20.9. The highest BCUT2D eigenvalue weighted by molar-refractivity contribution is 6.76. The Hall–Kier alpha value is -1.10. The summed E-state index contributed by atoms with van der Waals surface area (Å²) in [5.41, 5.74) is 0. The van der Waals surface area contributed by atoms with Gasteiger partial charge in [0, 0.05) is 20.2 Å². The Labute approximate surface area is 84.6 Å². The van der Waals surface area contributed by atoms with Crippen molar-refractivity contribution < 1.29 is 19.4 Å². The lowest BCUT2D eigenvalue weighted by Gasteiger charge is -2.14. The van der Waals surface area contributed by atoms with Crippen molar-refractivity contribution in [3.8, 4) is 0 Å².